The molecule has 1 atom stereocenters. The molecule has 0 spiro atoms. The summed E-state index contributed by atoms with van der Waals surface area (Å²) in [6, 6.07) is 6.97. The van der Waals surface area contributed by atoms with E-state index >= 15 is 0 Å². The predicted molar refractivity (Wildman–Crippen MR) is 102 cm³/mol. The standard InChI is InChI=1S/C21H28N2O4/c1-2-12-27-21(26)15-8-10-17(11-9-15)22-20(25)16-13-19(24)23(14-16)18-6-4-3-5-7-18/h8-11,16,18H,2-7,12-14H2,1H3,(H,22,25)/t16-/m1/s1. The van der Waals surface area contributed by atoms with Crippen molar-refractivity contribution in [3.8, 4) is 0 Å². The van der Waals surface area contributed by atoms with Crippen molar-refractivity contribution in [3.63, 3.8) is 0 Å². The van der Waals surface area contributed by atoms with Gasteiger partial charge in [0.05, 0.1) is 18.1 Å². The summed E-state index contributed by atoms with van der Waals surface area (Å²) in [4.78, 5) is 38.6. The van der Waals surface area contributed by atoms with E-state index in [-0.39, 0.29) is 30.1 Å². The van der Waals surface area contributed by atoms with Gasteiger partial charge in [-0.1, -0.05) is 26.2 Å². The van der Waals surface area contributed by atoms with Crippen molar-refractivity contribution < 1.29 is 19.1 Å². The SMILES string of the molecule is CCCOC(=O)c1ccc(NC(=O)[C@@H]2CC(=O)N(C3CCCCC3)C2)cc1. The van der Waals surface area contributed by atoms with Gasteiger partial charge in [-0.25, -0.2) is 4.79 Å². The first kappa shape index (κ1) is 19.4. The van der Waals surface area contributed by atoms with E-state index in [1.54, 1.807) is 24.3 Å². The highest BCUT2D eigenvalue weighted by Gasteiger charge is 2.38. The van der Waals surface area contributed by atoms with E-state index in [9.17, 15) is 14.4 Å². The van der Waals surface area contributed by atoms with Crippen molar-refractivity contribution in [2.75, 3.05) is 18.5 Å². The predicted octanol–water partition coefficient (Wildman–Crippen LogP) is 3.37. The summed E-state index contributed by atoms with van der Waals surface area (Å²) < 4.78 is 5.09. The lowest BCUT2D eigenvalue weighted by atomic mass is 9.94. The number of amides is 2. The third kappa shape index (κ3) is 4.87. The summed E-state index contributed by atoms with van der Waals surface area (Å²) >= 11 is 0. The number of hydrogen-bond donors (Lipinski definition) is 1. The Kier molecular flexibility index (Phi) is 6.48. The van der Waals surface area contributed by atoms with Crippen LogP contribution < -0.4 is 5.32 Å². The molecule has 3 rings (SSSR count). The number of carbonyl (C=O) groups is 3. The second-order valence-corrected chi connectivity index (χ2v) is 7.44. The molecule has 146 valence electrons. The molecule has 1 aromatic carbocycles. The van der Waals surface area contributed by atoms with E-state index in [4.69, 9.17) is 4.74 Å². The van der Waals surface area contributed by atoms with Crippen LogP contribution in [-0.2, 0) is 14.3 Å². The molecule has 1 saturated heterocycles. The molecular weight excluding hydrogens is 344 g/mol. The zero-order valence-electron chi connectivity index (χ0n) is 15.9. The van der Waals surface area contributed by atoms with E-state index in [2.05, 4.69) is 5.32 Å². The van der Waals surface area contributed by atoms with Crippen molar-refractivity contribution >= 4 is 23.5 Å². The van der Waals surface area contributed by atoms with Gasteiger partial charge in [-0.2, -0.15) is 0 Å². The molecule has 1 aliphatic carbocycles. The third-order valence-electron chi connectivity index (χ3n) is 5.37. The Hall–Kier alpha value is -2.37. The van der Waals surface area contributed by atoms with Gasteiger partial charge in [0.2, 0.25) is 11.8 Å². The van der Waals surface area contributed by atoms with Gasteiger partial charge in [0.15, 0.2) is 0 Å². The molecule has 0 radical (unpaired) electrons. The molecule has 0 aromatic heterocycles. The molecule has 2 amide bonds. The fourth-order valence-corrected chi connectivity index (χ4v) is 3.86. The zero-order chi connectivity index (χ0) is 19.2. The summed E-state index contributed by atoms with van der Waals surface area (Å²) in [5.74, 6) is -0.716. The normalized spacial score (nSPS) is 20.6. The maximum Gasteiger partial charge on any atom is 0.338 e. The number of nitrogens with zero attached hydrogens (tertiary/aromatic N) is 1. The van der Waals surface area contributed by atoms with Crippen LogP contribution in [0, 0.1) is 5.92 Å². The van der Waals surface area contributed by atoms with Gasteiger partial charge in [-0.3, -0.25) is 9.59 Å². The average Bonchev–Trinajstić information content (AvgIpc) is 3.09. The Morgan fingerprint density at radius 2 is 1.85 bits per heavy atom. The molecule has 1 saturated carbocycles. The van der Waals surface area contributed by atoms with Gasteiger partial charge in [-0.15, -0.1) is 0 Å². The van der Waals surface area contributed by atoms with Crippen LogP contribution >= 0.6 is 0 Å². The first-order valence-corrected chi connectivity index (χ1v) is 9.96. The van der Waals surface area contributed by atoms with Crippen LogP contribution in [0.1, 0.15) is 62.2 Å². The molecule has 0 unspecified atom stereocenters. The number of rotatable bonds is 6. The Morgan fingerprint density at radius 1 is 1.15 bits per heavy atom. The highest BCUT2D eigenvalue weighted by molar-refractivity contribution is 5.97. The smallest absolute Gasteiger partial charge is 0.338 e. The number of benzene rings is 1. The fourth-order valence-electron chi connectivity index (χ4n) is 3.86. The van der Waals surface area contributed by atoms with Crippen LogP contribution in [-0.4, -0.2) is 41.9 Å². The van der Waals surface area contributed by atoms with E-state index < -0.39 is 0 Å². The minimum absolute atomic E-state index is 0.0936. The Balaban J connectivity index is 1.54. The maximum absolute atomic E-state index is 12.6. The van der Waals surface area contributed by atoms with E-state index in [0.29, 0.717) is 30.4 Å². The highest BCUT2D eigenvalue weighted by Crippen LogP contribution is 2.29. The molecular formula is C21H28N2O4. The number of ether oxygens (including phenoxy) is 1. The van der Waals surface area contributed by atoms with Gasteiger partial charge in [-0.05, 0) is 43.5 Å². The summed E-state index contributed by atoms with van der Waals surface area (Å²) in [6.07, 6.45) is 6.73. The number of hydrogen-bond acceptors (Lipinski definition) is 4. The number of nitrogens with one attached hydrogen (secondary N) is 1. The van der Waals surface area contributed by atoms with Gasteiger partial charge < -0.3 is 15.0 Å². The Labute approximate surface area is 160 Å². The van der Waals surface area contributed by atoms with E-state index in [0.717, 1.165) is 19.3 Å². The lowest BCUT2D eigenvalue weighted by Crippen LogP contribution is -2.38. The number of anilines is 1. The zero-order valence-corrected chi connectivity index (χ0v) is 15.9. The van der Waals surface area contributed by atoms with Crippen LogP contribution in [0.2, 0.25) is 0 Å². The molecule has 1 heterocycles. The van der Waals surface area contributed by atoms with Gasteiger partial charge >= 0.3 is 5.97 Å². The van der Waals surface area contributed by atoms with Crippen molar-refractivity contribution in [2.24, 2.45) is 5.92 Å². The highest BCUT2D eigenvalue weighted by atomic mass is 16.5. The topological polar surface area (TPSA) is 75.7 Å². The lowest BCUT2D eigenvalue weighted by molar-refractivity contribution is -0.130. The second-order valence-electron chi connectivity index (χ2n) is 7.44. The van der Waals surface area contributed by atoms with Crippen LogP contribution in [0.25, 0.3) is 0 Å². The van der Waals surface area contributed by atoms with E-state index in [1.165, 1.54) is 19.3 Å². The van der Waals surface area contributed by atoms with Crippen molar-refractivity contribution in [3.05, 3.63) is 29.8 Å². The molecule has 1 N–H and O–H groups in total. The van der Waals surface area contributed by atoms with Crippen LogP contribution in [0.5, 0.6) is 0 Å². The van der Waals surface area contributed by atoms with Gasteiger partial charge in [0.1, 0.15) is 0 Å². The molecule has 2 fully saturated rings. The monoisotopic (exact) mass is 372 g/mol. The molecule has 6 heteroatoms. The van der Waals surface area contributed by atoms with Crippen LogP contribution in [0.15, 0.2) is 24.3 Å². The van der Waals surface area contributed by atoms with Crippen LogP contribution in [0.3, 0.4) is 0 Å². The number of carbonyl (C=O) groups excluding carboxylic acids is 3. The summed E-state index contributed by atoms with van der Waals surface area (Å²) in [5.41, 5.74) is 1.08. The van der Waals surface area contributed by atoms with Crippen molar-refractivity contribution in [2.45, 2.75) is 57.9 Å². The van der Waals surface area contributed by atoms with Gasteiger partial charge in [0.25, 0.3) is 0 Å². The summed E-state index contributed by atoms with van der Waals surface area (Å²) in [6.45, 7) is 2.84. The Bertz CT molecular complexity index is 680. The van der Waals surface area contributed by atoms with E-state index in [1.807, 2.05) is 11.8 Å². The average molecular weight is 372 g/mol. The summed E-state index contributed by atoms with van der Waals surface area (Å²) in [5, 5.41) is 2.87. The molecule has 1 aliphatic heterocycles. The Morgan fingerprint density at radius 3 is 2.52 bits per heavy atom. The van der Waals surface area contributed by atoms with Crippen molar-refractivity contribution in [1.29, 1.82) is 0 Å². The molecule has 1 aromatic rings. The molecule has 27 heavy (non-hydrogen) atoms. The van der Waals surface area contributed by atoms with Crippen molar-refractivity contribution in [1.82, 2.24) is 4.90 Å². The first-order valence-electron chi connectivity index (χ1n) is 9.96. The summed E-state index contributed by atoms with van der Waals surface area (Å²) in [7, 11) is 0. The first-order chi connectivity index (χ1) is 13.1. The quantitative estimate of drug-likeness (QED) is 0.777. The molecule has 2 aliphatic rings. The number of esters is 1. The minimum Gasteiger partial charge on any atom is -0.462 e. The minimum atomic E-state index is -0.362. The number of likely N-dealkylation sites (tertiary alicyclic amines) is 1. The largest absolute Gasteiger partial charge is 0.462 e. The maximum atomic E-state index is 12.6. The van der Waals surface area contributed by atoms with Crippen LogP contribution in [0.4, 0.5) is 5.69 Å². The molecule has 0 bridgehead atoms. The third-order valence-corrected chi connectivity index (χ3v) is 5.37. The van der Waals surface area contributed by atoms with Gasteiger partial charge in [0, 0.05) is 24.7 Å². The fraction of sp³-hybridized carbons (Fsp3) is 0.571. The molecule has 6 nitrogen and oxygen atoms in total. The second kappa shape index (κ2) is 9.02. The lowest BCUT2D eigenvalue weighted by Gasteiger charge is -2.31.